The van der Waals surface area contributed by atoms with Crippen molar-refractivity contribution in [3.8, 4) is 6.01 Å². The van der Waals surface area contributed by atoms with E-state index in [1.807, 2.05) is 4.90 Å². The number of likely N-dealkylation sites (N-methyl/N-ethyl adjacent to an activating group) is 1. The Hall–Kier alpha value is -4.37. The average molecular weight is 634 g/mol. The van der Waals surface area contributed by atoms with E-state index in [2.05, 4.69) is 71.6 Å². The van der Waals surface area contributed by atoms with Gasteiger partial charge in [-0.15, -0.1) is 0 Å². The minimum atomic E-state index is -4.84. The van der Waals surface area contributed by atoms with Gasteiger partial charge in [-0.2, -0.15) is 23.1 Å². The van der Waals surface area contributed by atoms with Gasteiger partial charge in [-0.05, 0) is 56.8 Å². The maximum absolute atomic E-state index is 13.4. The number of benzene rings is 2. The van der Waals surface area contributed by atoms with Gasteiger partial charge in [0.25, 0.3) is 5.91 Å². The van der Waals surface area contributed by atoms with Gasteiger partial charge in [-0.1, -0.05) is 36.9 Å². The Kier molecular flexibility index (Phi) is 8.79. The van der Waals surface area contributed by atoms with E-state index in [-0.39, 0.29) is 38.2 Å². The van der Waals surface area contributed by atoms with Crippen LogP contribution in [0.25, 0.3) is 15.6 Å². The van der Waals surface area contributed by atoms with Gasteiger partial charge in [0.1, 0.15) is 24.0 Å². The van der Waals surface area contributed by atoms with Crippen molar-refractivity contribution >= 4 is 28.2 Å². The van der Waals surface area contributed by atoms with Crippen LogP contribution in [0.2, 0.25) is 0 Å². The molecule has 2 saturated heterocycles. The molecule has 2 aromatic carbocycles. The van der Waals surface area contributed by atoms with Crippen LogP contribution in [0.3, 0.4) is 0 Å². The predicted octanol–water partition coefficient (Wildman–Crippen LogP) is 5.03. The molecule has 0 radical (unpaired) electrons. The first kappa shape index (κ1) is 31.6. The molecule has 3 aromatic rings. The summed E-state index contributed by atoms with van der Waals surface area (Å²) in [5, 5.41) is 2.37. The Morgan fingerprint density at radius 3 is 2.59 bits per heavy atom. The highest BCUT2D eigenvalue weighted by atomic mass is 19.4. The molecule has 0 unspecified atom stereocenters. The number of carbonyl (C=O) groups excluding carboxylic acids is 1. The van der Waals surface area contributed by atoms with Crippen LogP contribution >= 0.6 is 0 Å². The number of nitrogens with zero attached hydrogens (tertiary/aromatic N) is 7. The molecule has 3 aliphatic heterocycles. The molecule has 1 amide bonds. The molecule has 0 N–H and O–H groups in total. The number of hydrogen-bond acceptors (Lipinski definition) is 7. The zero-order valence-electron chi connectivity index (χ0n) is 26.2. The van der Waals surface area contributed by atoms with E-state index in [1.54, 1.807) is 0 Å². The molecular formula is C34H38F3N7O2. The van der Waals surface area contributed by atoms with Crippen molar-refractivity contribution in [1.29, 1.82) is 0 Å². The second-order valence-corrected chi connectivity index (χ2v) is 12.4. The van der Waals surface area contributed by atoms with Crippen molar-refractivity contribution in [2.24, 2.45) is 0 Å². The molecule has 3 aliphatic rings. The molecule has 1 aromatic heterocycles. The van der Waals surface area contributed by atoms with Crippen molar-refractivity contribution in [1.82, 2.24) is 19.8 Å². The van der Waals surface area contributed by atoms with E-state index in [9.17, 15) is 18.0 Å². The molecule has 6 rings (SSSR count). The summed E-state index contributed by atoms with van der Waals surface area (Å²) in [4.78, 5) is 33.8. The third kappa shape index (κ3) is 6.20. The van der Waals surface area contributed by atoms with Gasteiger partial charge in [-0.3, -0.25) is 4.79 Å². The number of fused-ring (bicyclic) bond motifs is 2. The number of aromatic nitrogens is 2. The lowest BCUT2D eigenvalue weighted by atomic mass is 9.99. The van der Waals surface area contributed by atoms with Gasteiger partial charge in [-0.25, -0.2) is 6.57 Å². The standard InChI is InChI=1S/C34H38F3N7O2/c1-22-8-5-9-24-10-6-12-29(30(22)24)42-15-13-27-28(20-42)39-33(46-21-25-11-7-14-41(25)4)40-31(27)43-16-17-44(26(19-43)18-38-3)32(45)23(2)34(35,36)37/h5-6,8-10,12,25-26H,2,7,11,13-21H2,1,4H3/t25-,26-/m0/s1. The molecule has 4 heterocycles. The van der Waals surface area contributed by atoms with Crippen LogP contribution in [0, 0.1) is 13.5 Å². The van der Waals surface area contributed by atoms with Gasteiger partial charge >= 0.3 is 12.2 Å². The molecule has 242 valence electrons. The Labute approximate surface area is 267 Å². The lowest BCUT2D eigenvalue weighted by Gasteiger charge is -2.41. The van der Waals surface area contributed by atoms with Gasteiger partial charge in [0.2, 0.25) is 6.54 Å². The zero-order chi connectivity index (χ0) is 32.6. The van der Waals surface area contributed by atoms with Crippen LogP contribution in [0.5, 0.6) is 6.01 Å². The first-order valence-electron chi connectivity index (χ1n) is 15.7. The molecule has 46 heavy (non-hydrogen) atoms. The molecule has 0 aliphatic carbocycles. The fraction of sp³-hybridized carbons (Fsp3) is 0.471. The zero-order valence-corrected chi connectivity index (χ0v) is 26.2. The summed E-state index contributed by atoms with van der Waals surface area (Å²) in [7, 11) is 2.08. The minimum Gasteiger partial charge on any atom is -0.462 e. The highest BCUT2D eigenvalue weighted by Gasteiger charge is 2.43. The fourth-order valence-electron chi connectivity index (χ4n) is 6.92. The molecule has 2 atom stereocenters. The second kappa shape index (κ2) is 12.8. The third-order valence-electron chi connectivity index (χ3n) is 9.48. The smallest absolute Gasteiger partial charge is 0.421 e. The summed E-state index contributed by atoms with van der Waals surface area (Å²) < 4.78 is 46.3. The van der Waals surface area contributed by atoms with Crippen LogP contribution in [0.15, 0.2) is 48.6 Å². The number of hydrogen-bond donors (Lipinski definition) is 0. The SMILES string of the molecule is [C-]#[N+]C[C@H]1CN(c2nc(OC[C@@H]3CCCN3C)nc3c2CCN(c2cccc4cccc(C)c24)C3)CCN1C(=O)C(=C)C(F)(F)F. The van der Waals surface area contributed by atoms with Gasteiger partial charge in [0, 0.05) is 48.9 Å². The van der Waals surface area contributed by atoms with Crippen molar-refractivity contribution in [3.05, 3.63) is 76.8 Å². The molecular weight excluding hydrogens is 595 g/mol. The summed E-state index contributed by atoms with van der Waals surface area (Å²) in [5.41, 5.74) is 2.69. The summed E-state index contributed by atoms with van der Waals surface area (Å²) in [6.45, 7) is 15.6. The summed E-state index contributed by atoms with van der Waals surface area (Å²) in [6.07, 6.45) is -2.06. The topological polar surface area (TPSA) is 69.4 Å². The van der Waals surface area contributed by atoms with Gasteiger partial charge in [0.05, 0.1) is 12.2 Å². The van der Waals surface area contributed by atoms with Crippen LogP contribution in [-0.4, -0.2) is 96.9 Å². The normalized spacial score (nSPS) is 20.5. The van der Waals surface area contributed by atoms with E-state index >= 15 is 0 Å². The number of likely N-dealkylation sites (tertiary alicyclic amines) is 1. The average Bonchev–Trinajstić information content (AvgIpc) is 3.46. The minimum absolute atomic E-state index is 0.0113. The Balaban J connectivity index is 1.32. The summed E-state index contributed by atoms with van der Waals surface area (Å²) in [5.74, 6) is -0.526. The molecule has 0 bridgehead atoms. The van der Waals surface area contributed by atoms with Crippen LogP contribution < -0.4 is 14.5 Å². The first-order valence-corrected chi connectivity index (χ1v) is 15.7. The second-order valence-electron chi connectivity index (χ2n) is 12.4. The molecule has 12 heteroatoms. The predicted molar refractivity (Wildman–Crippen MR) is 171 cm³/mol. The number of piperazine rings is 1. The van der Waals surface area contributed by atoms with Crippen molar-refractivity contribution in [3.63, 3.8) is 0 Å². The maximum Gasteiger partial charge on any atom is 0.421 e. The van der Waals surface area contributed by atoms with Crippen LogP contribution in [0.4, 0.5) is 24.7 Å². The lowest BCUT2D eigenvalue weighted by Crippen LogP contribution is -2.57. The van der Waals surface area contributed by atoms with Crippen molar-refractivity contribution in [2.75, 3.05) is 62.7 Å². The van der Waals surface area contributed by atoms with Crippen LogP contribution in [-0.2, 0) is 17.8 Å². The third-order valence-corrected chi connectivity index (χ3v) is 9.48. The quantitative estimate of drug-likeness (QED) is 0.267. The molecule has 2 fully saturated rings. The van der Waals surface area contributed by atoms with Crippen molar-refractivity contribution in [2.45, 2.75) is 51.0 Å². The maximum atomic E-state index is 13.4. The highest BCUT2D eigenvalue weighted by molar-refractivity contribution is 5.97. The highest BCUT2D eigenvalue weighted by Crippen LogP contribution is 2.36. The summed E-state index contributed by atoms with van der Waals surface area (Å²) >= 11 is 0. The number of anilines is 2. The molecule has 9 nitrogen and oxygen atoms in total. The van der Waals surface area contributed by atoms with Gasteiger partial charge < -0.3 is 29.2 Å². The van der Waals surface area contributed by atoms with E-state index in [1.165, 1.54) is 16.3 Å². The molecule has 0 saturated carbocycles. The van der Waals surface area contributed by atoms with Crippen molar-refractivity contribution < 1.29 is 22.7 Å². The Bertz CT molecular complexity index is 1680. The van der Waals surface area contributed by atoms with E-state index in [4.69, 9.17) is 21.3 Å². The summed E-state index contributed by atoms with van der Waals surface area (Å²) in [6, 6.07) is 12.4. The number of amides is 1. The number of aryl methyl sites for hydroxylation is 1. The first-order chi connectivity index (χ1) is 22.0. The van der Waals surface area contributed by atoms with Crippen LogP contribution in [0.1, 0.15) is 29.7 Å². The number of ether oxygens (including phenoxy) is 1. The number of halogens is 3. The van der Waals surface area contributed by atoms with E-state index in [0.717, 1.165) is 47.8 Å². The van der Waals surface area contributed by atoms with Gasteiger partial charge in [0.15, 0.2) is 0 Å². The fourth-order valence-corrected chi connectivity index (χ4v) is 6.92. The van der Waals surface area contributed by atoms with E-state index < -0.39 is 23.7 Å². The number of carbonyl (C=O) groups is 1. The number of rotatable bonds is 7. The Morgan fingerprint density at radius 1 is 1.09 bits per heavy atom. The Morgan fingerprint density at radius 2 is 1.87 bits per heavy atom. The molecule has 0 spiro atoms. The number of alkyl halides is 3. The largest absolute Gasteiger partial charge is 0.462 e. The van der Waals surface area contributed by atoms with E-state index in [0.29, 0.717) is 25.4 Å². The lowest BCUT2D eigenvalue weighted by molar-refractivity contribution is -0.141. The monoisotopic (exact) mass is 633 g/mol.